The number of anilines is 1. The van der Waals surface area contributed by atoms with Crippen LogP contribution in [0, 0.1) is 10.8 Å². The summed E-state index contributed by atoms with van der Waals surface area (Å²) in [5, 5.41) is 40.4. The number of sulfonamides is 2. The fourth-order valence-electron chi connectivity index (χ4n) is 3.33. The molecule has 19 heteroatoms. The maximum absolute atomic E-state index is 12.3. The second kappa shape index (κ2) is 15.5. The first-order chi connectivity index (χ1) is 20.2. The zero-order valence-electron chi connectivity index (χ0n) is 22.4. The highest BCUT2D eigenvalue weighted by Gasteiger charge is 2.13. The number of carbonyl (C=O) groups is 2. The third kappa shape index (κ3) is 12.1. The predicted octanol–water partition coefficient (Wildman–Crippen LogP) is 1.68. The van der Waals surface area contributed by atoms with Crippen molar-refractivity contribution in [1.29, 1.82) is 10.8 Å². The molecule has 0 saturated heterocycles. The number of amidine groups is 1. The Morgan fingerprint density at radius 3 is 1.88 bits per heavy atom. The van der Waals surface area contributed by atoms with E-state index in [1.54, 1.807) is 11.8 Å². The largest absolute Gasteiger partial charge is 0.305 e. The van der Waals surface area contributed by atoms with Crippen molar-refractivity contribution < 1.29 is 26.4 Å². The molecule has 230 valence electrons. The molecule has 0 fully saturated rings. The molecular weight excluding hydrogens is 657 g/mol. The number of rotatable bonds is 13. The SMILES string of the molecule is N=C(CCSCCc1nnc(NC(=O)Cc2ccc(S(N)(=O)=O)cc2)s1)SC(=N)NC(=O)Cc1ccc(S(N)(=O)=O)cc1. The first kappa shape index (κ1) is 34.3. The summed E-state index contributed by atoms with van der Waals surface area (Å²) in [5.41, 5.74) is 1.16. The van der Waals surface area contributed by atoms with Crippen LogP contribution in [-0.4, -0.2) is 60.6 Å². The lowest BCUT2D eigenvalue weighted by atomic mass is 10.1. The fourth-order valence-corrected chi connectivity index (χ4v) is 6.88. The van der Waals surface area contributed by atoms with Gasteiger partial charge in [0.15, 0.2) is 5.17 Å². The van der Waals surface area contributed by atoms with Gasteiger partial charge in [0.05, 0.1) is 27.7 Å². The third-order valence-electron chi connectivity index (χ3n) is 5.36. The molecule has 0 aliphatic carbocycles. The third-order valence-corrected chi connectivity index (χ3v) is 9.86. The van der Waals surface area contributed by atoms with Gasteiger partial charge in [0.2, 0.25) is 37.0 Å². The molecule has 43 heavy (non-hydrogen) atoms. The smallest absolute Gasteiger partial charge is 0.238 e. The Kier molecular flexibility index (Phi) is 12.4. The predicted molar refractivity (Wildman–Crippen MR) is 168 cm³/mol. The fraction of sp³-hybridized carbons (Fsp3) is 0.250. The number of nitrogens with zero attached hydrogens (tertiary/aromatic N) is 2. The van der Waals surface area contributed by atoms with E-state index in [9.17, 15) is 26.4 Å². The molecule has 0 saturated carbocycles. The Balaban J connectivity index is 1.29. The van der Waals surface area contributed by atoms with Gasteiger partial charge in [0.1, 0.15) is 5.01 Å². The van der Waals surface area contributed by atoms with Crippen molar-refractivity contribution in [3.63, 3.8) is 0 Å². The van der Waals surface area contributed by atoms with Gasteiger partial charge in [-0.05, 0) is 58.7 Å². The molecule has 0 unspecified atom stereocenters. The van der Waals surface area contributed by atoms with Crippen LogP contribution in [0.25, 0.3) is 0 Å². The van der Waals surface area contributed by atoms with Crippen molar-refractivity contribution in [2.45, 2.75) is 35.5 Å². The van der Waals surface area contributed by atoms with Crippen LogP contribution < -0.4 is 20.9 Å². The van der Waals surface area contributed by atoms with E-state index in [1.165, 1.54) is 59.9 Å². The Hall–Kier alpha value is -3.20. The van der Waals surface area contributed by atoms with E-state index >= 15 is 0 Å². The average Bonchev–Trinajstić information content (AvgIpc) is 3.34. The summed E-state index contributed by atoms with van der Waals surface area (Å²) in [6.07, 6.45) is 0.972. The maximum atomic E-state index is 12.3. The quantitative estimate of drug-likeness (QED) is 0.0863. The van der Waals surface area contributed by atoms with Gasteiger partial charge < -0.3 is 10.6 Å². The van der Waals surface area contributed by atoms with Crippen LogP contribution in [0.3, 0.4) is 0 Å². The summed E-state index contributed by atoms with van der Waals surface area (Å²) < 4.78 is 45.3. The molecule has 0 aliphatic heterocycles. The monoisotopic (exact) mass is 684 g/mol. The van der Waals surface area contributed by atoms with E-state index in [2.05, 4.69) is 20.8 Å². The molecule has 8 N–H and O–H groups in total. The number of thioether (sulfide) groups is 2. The zero-order chi connectivity index (χ0) is 31.6. The number of amides is 2. The van der Waals surface area contributed by atoms with Crippen molar-refractivity contribution in [3.8, 4) is 0 Å². The maximum Gasteiger partial charge on any atom is 0.238 e. The number of aryl methyl sites for hydroxylation is 1. The summed E-state index contributed by atoms with van der Waals surface area (Å²) in [6, 6.07) is 11.3. The highest BCUT2D eigenvalue weighted by molar-refractivity contribution is 8.26. The Bertz CT molecular complexity index is 1690. The second-order valence-electron chi connectivity index (χ2n) is 8.80. The number of primary sulfonamides is 2. The summed E-state index contributed by atoms with van der Waals surface area (Å²) in [6.45, 7) is 0. The summed E-state index contributed by atoms with van der Waals surface area (Å²) in [4.78, 5) is 24.4. The van der Waals surface area contributed by atoms with Gasteiger partial charge >= 0.3 is 0 Å². The number of benzene rings is 2. The molecule has 2 aromatic carbocycles. The molecule has 0 aliphatic rings. The van der Waals surface area contributed by atoms with E-state index in [4.69, 9.17) is 21.1 Å². The molecule has 0 spiro atoms. The molecule has 1 aromatic heterocycles. The van der Waals surface area contributed by atoms with Crippen LogP contribution in [0.1, 0.15) is 22.6 Å². The lowest BCUT2D eigenvalue weighted by Gasteiger charge is -2.08. The van der Waals surface area contributed by atoms with Gasteiger partial charge in [-0.2, -0.15) is 11.8 Å². The molecule has 3 aromatic rings. The minimum atomic E-state index is -3.82. The molecule has 0 atom stereocenters. The van der Waals surface area contributed by atoms with Gasteiger partial charge in [-0.3, -0.25) is 20.4 Å². The van der Waals surface area contributed by atoms with Gasteiger partial charge in [0, 0.05) is 12.8 Å². The number of carbonyl (C=O) groups excluding carboxylic acids is 2. The van der Waals surface area contributed by atoms with Gasteiger partial charge in [0.25, 0.3) is 0 Å². The van der Waals surface area contributed by atoms with Gasteiger partial charge in [-0.15, -0.1) is 10.2 Å². The standard InChI is InChI=1S/C24H28N8O6S5/c25-19(40-23(26)29-20(33)13-15-1-5-17(6-2-15)42(27,35)36)9-11-39-12-10-22-31-32-24(41-22)30-21(34)14-16-3-7-18(8-4-16)43(28,37)38/h1-8,25H,9-14H2,(H2,26,29,33)(H2,27,35,36)(H2,28,37,38)(H,30,32,34). The molecular formula is C24H28N8O6S5. The van der Waals surface area contributed by atoms with Crippen LogP contribution in [0.5, 0.6) is 0 Å². The number of nitrogens with two attached hydrogens (primary N) is 2. The molecule has 0 radical (unpaired) electrons. The number of aromatic nitrogens is 2. The van der Waals surface area contributed by atoms with Crippen molar-refractivity contribution in [2.24, 2.45) is 10.3 Å². The minimum absolute atomic E-state index is 0.0258. The molecule has 2 amide bonds. The van der Waals surface area contributed by atoms with E-state index < -0.39 is 26.0 Å². The Morgan fingerprint density at radius 1 is 0.814 bits per heavy atom. The van der Waals surface area contributed by atoms with E-state index in [0.29, 0.717) is 40.6 Å². The Morgan fingerprint density at radius 2 is 1.35 bits per heavy atom. The minimum Gasteiger partial charge on any atom is -0.305 e. The van der Waals surface area contributed by atoms with Gasteiger partial charge in [-0.1, -0.05) is 35.6 Å². The summed E-state index contributed by atoms with van der Waals surface area (Å²) in [5.74, 6) is 0.539. The van der Waals surface area contributed by atoms with Crippen molar-refractivity contribution >= 4 is 82.1 Å². The number of hydrogen-bond acceptors (Lipinski definition) is 13. The summed E-state index contributed by atoms with van der Waals surface area (Å²) >= 11 is 3.68. The van der Waals surface area contributed by atoms with Crippen LogP contribution in [-0.2, 0) is 48.9 Å². The lowest BCUT2D eigenvalue weighted by molar-refractivity contribution is -0.119. The van der Waals surface area contributed by atoms with Crippen LogP contribution in [0.2, 0.25) is 0 Å². The van der Waals surface area contributed by atoms with Crippen molar-refractivity contribution in [1.82, 2.24) is 15.5 Å². The summed E-state index contributed by atoms with van der Waals surface area (Å²) in [7, 11) is -7.62. The normalized spacial score (nSPS) is 11.6. The highest BCUT2D eigenvalue weighted by atomic mass is 32.2. The topological polar surface area (TPSA) is 252 Å². The first-order valence-electron chi connectivity index (χ1n) is 12.3. The van der Waals surface area contributed by atoms with Crippen LogP contribution in [0.15, 0.2) is 58.3 Å². The van der Waals surface area contributed by atoms with E-state index in [-0.39, 0.29) is 38.8 Å². The number of hydrogen-bond donors (Lipinski definition) is 6. The van der Waals surface area contributed by atoms with E-state index in [0.717, 1.165) is 16.8 Å². The van der Waals surface area contributed by atoms with Gasteiger partial charge in [-0.25, -0.2) is 27.1 Å². The lowest BCUT2D eigenvalue weighted by Crippen LogP contribution is -2.29. The molecule has 14 nitrogen and oxygen atoms in total. The molecule has 0 bridgehead atoms. The van der Waals surface area contributed by atoms with Crippen molar-refractivity contribution in [2.75, 3.05) is 16.8 Å². The highest BCUT2D eigenvalue weighted by Crippen LogP contribution is 2.19. The van der Waals surface area contributed by atoms with Crippen LogP contribution in [0.4, 0.5) is 5.13 Å². The second-order valence-corrected chi connectivity index (χ2v) is 15.3. The molecule has 1 heterocycles. The van der Waals surface area contributed by atoms with Crippen molar-refractivity contribution in [3.05, 3.63) is 64.7 Å². The van der Waals surface area contributed by atoms with E-state index in [1.807, 2.05) is 0 Å². The first-order valence-corrected chi connectivity index (χ1v) is 18.1. The zero-order valence-corrected chi connectivity index (χ0v) is 26.5. The number of nitrogens with one attached hydrogen (secondary N) is 4. The Labute approximate surface area is 260 Å². The average molecular weight is 685 g/mol. The molecule has 3 rings (SSSR count). The van der Waals surface area contributed by atoms with Crippen LogP contribution >= 0.6 is 34.9 Å².